The van der Waals surface area contributed by atoms with Crippen LogP contribution in [0.15, 0.2) is 12.3 Å². The number of aryl methyl sites for hydroxylation is 1. The van der Waals surface area contributed by atoms with Crippen molar-refractivity contribution in [3.05, 3.63) is 18.0 Å². The van der Waals surface area contributed by atoms with Gasteiger partial charge in [0, 0.05) is 19.7 Å². The smallest absolute Gasteiger partial charge is 0.220 e. The van der Waals surface area contributed by atoms with E-state index in [1.807, 2.05) is 19.3 Å². The van der Waals surface area contributed by atoms with E-state index in [9.17, 15) is 4.79 Å². The SMILES string of the molecule is Cn1ccc(CNC(=O)CC2CNC2)n1. The predicted octanol–water partition coefficient (Wildman–Crippen LogP) is -0.354. The molecule has 1 aromatic heterocycles. The molecule has 1 aromatic rings. The fraction of sp³-hybridized carbons (Fsp3) is 0.600. The summed E-state index contributed by atoms with van der Waals surface area (Å²) in [6.45, 7) is 2.47. The first kappa shape index (κ1) is 10.2. The first-order valence-corrected chi connectivity index (χ1v) is 5.20. The van der Waals surface area contributed by atoms with Crippen LogP contribution >= 0.6 is 0 Å². The minimum absolute atomic E-state index is 0.118. The highest BCUT2D eigenvalue weighted by Gasteiger charge is 2.19. The lowest BCUT2D eigenvalue weighted by atomic mass is 9.99. The molecule has 5 nitrogen and oxygen atoms in total. The van der Waals surface area contributed by atoms with Gasteiger partial charge in [-0.05, 0) is 25.1 Å². The zero-order valence-electron chi connectivity index (χ0n) is 8.86. The maximum Gasteiger partial charge on any atom is 0.220 e. The van der Waals surface area contributed by atoms with Crippen molar-refractivity contribution in [1.82, 2.24) is 20.4 Å². The highest BCUT2D eigenvalue weighted by molar-refractivity contribution is 5.76. The third kappa shape index (κ3) is 2.79. The Labute approximate surface area is 88.8 Å². The van der Waals surface area contributed by atoms with Gasteiger partial charge in [0.2, 0.25) is 5.91 Å². The summed E-state index contributed by atoms with van der Waals surface area (Å²) in [7, 11) is 1.87. The molecule has 2 rings (SSSR count). The van der Waals surface area contributed by atoms with Gasteiger partial charge in [0.15, 0.2) is 0 Å². The van der Waals surface area contributed by atoms with Gasteiger partial charge in [-0.15, -0.1) is 0 Å². The molecule has 0 saturated carbocycles. The molecule has 0 bridgehead atoms. The molecule has 1 aliphatic heterocycles. The van der Waals surface area contributed by atoms with E-state index in [4.69, 9.17) is 0 Å². The van der Waals surface area contributed by atoms with Gasteiger partial charge in [-0.25, -0.2) is 0 Å². The average molecular weight is 208 g/mol. The molecule has 0 radical (unpaired) electrons. The monoisotopic (exact) mass is 208 g/mol. The number of hydrogen-bond acceptors (Lipinski definition) is 3. The Balaban J connectivity index is 1.70. The second kappa shape index (κ2) is 4.44. The van der Waals surface area contributed by atoms with E-state index in [0.29, 0.717) is 18.9 Å². The van der Waals surface area contributed by atoms with Crippen molar-refractivity contribution in [1.29, 1.82) is 0 Å². The van der Waals surface area contributed by atoms with Crippen LogP contribution in [0.25, 0.3) is 0 Å². The highest BCUT2D eigenvalue weighted by atomic mass is 16.1. The van der Waals surface area contributed by atoms with Crippen LogP contribution in [-0.2, 0) is 18.4 Å². The number of carbonyl (C=O) groups excluding carboxylic acids is 1. The van der Waals surface area contributed by atoms with Crippen LogP contribution in [0.2, 0.25) is 0 Å². The molecule has 5 heteroatoms. The minimum Gasteiger partial charge on any atom is -0.350 e. The summed E-state index contributed by atoms with van der Waals surface area (Å²) >= 11 is 0. The van der Waals surface area contributed by atoms with Crippen LogP contribution < -0.4 is 10.6 Å². The van der Waals surface area contributed by atoms with Crippen LogP contribution in [0.5, 0.6) is 0 Å². The molecular weight excluding hydrogens is 192 g/mol. The summed E-state index contributed by atoms with van der Waals surface area (Å²) in [6.07, 6.45) is 2.50. The molecule has 1 saturated heterocycles. The van der Waals surface area contributed by atoms with Crippen molar-refractivity contribution in [2.24, 2.45) is 13.0 Å². The van der Waals surface area contributed by atoms with Crippen LogP contribution in [0.3, 0.4) is 0 Å². The normalized spacial score (nSPS) is 16.1. The van der Waals surface area contributed by atoms with Gasteiger partial charge in [-0.1, -0.05) is 0 Å². The van der Waals surface area contributed by atoms with Gasteiger partial charge >= 0.3 is 0 Å². The summed E-state index contributed by atoms with van der Waals surface area (Å²) in [5.41, 5.74) is 0.901. The zero-order valence-corrected chi connectivity index (χ0v) is 8.86. The molecule has 0 aliphatic carbocycles. The molecule has 15 heavy (non-hydrogen) atoms. The van der Waals surface area contributed by atoms with Gasteiger partial charge < -0.3 is 10.6 Å². The fourth-order valence-corrected chi connectivity index (χ4v) is 1.57. The number of amides is 1. The Morgan fingerprint density at radius 2 is 2.53 bits per heavy atom. The molecule has 0 spiro atoms. The van der Waals surface area contributed by atoms with E-state index in [1.165, 1.54) is 0 Å². The Morgan fingerprint density at radius 3 is 3.07 bits per heavy atom. The summed E-state index contributed by atoms with van der Waals surface area (Å²) < 4.78 is 1.73. The Hall–Kier alpha value is -1.36. The van der Waals surface area contributed by atoms with Gasteiger partial charge in [0.05, 0.1) is 12.2 Å². The Kier molecular flexibility index (Phi) is 3.01. The first-order chi connectivity index (χ1) is 7.24. The van der Waals surface area contributed by atoms with Crippen LogP contribution in [0.1, 0.15) is 12.1 Å². The third-order valence-electron chi connectivity index (χ3n) is 2.58. The second-order valence-electron chi connectivity index (χ2n) is 3.99. The molecule has 2 heterocycles. The highest BCUT2D eigenvalue weighted by Crippen LogP contribution is 2.07. The van der Waals surface area contributed by atoms with Crippen LogP contribution in [0, 0.1) is 5.92 Å². The molecule has 1 amide bonds. The number of aromatic nitrogens is 2. The topological polar surface area (TPSA) is 59.0 Å². The lowest BCUT2D eigenvalue weighted by Crippen LogP contribution is -2.44. The lowest BCUT2D eigenvalue weighted by molar-refractivity contribution is -0.122. The molecule has 0 unspecified atom stereocenters. The van der Waals surface area contributed by atoms with Gasteiger partial charge in [0.1, 0.15) is 0 Å². The average Bonchev–Trinajstić information content (AvgIpc) is 2.55. The van der Waals surface area contributed by atoms with Crippen LogP contribution in [-0.4, -0.2) is 28.8 Å². The number of nitrogens with one attached hydrogen (secondary N) is 2. The quantitative estimate of drug-likeness (QED) is 0.711. The van der Waals surface area contributed by atoms with Crippen molar-refractivity contribution in [2.75, 3.05) is 13.1 Å². The van der Waals surface area contributed by atoms with E-state index in [0.717, 1.165) is 18.8 Å². The van der Waals surface area contributed by atoms with E-state index < -0.39 is 0 Å². The molecule has 0 atom stereocenters. The zero-order chi connectivity index (χ0) is 10.7. The third-order valence-corrected chi connectivity index (χ3v) is 2.58. The largest absolute Gasteiger partial charge is 0.350 e. The van der Waals surface area contributed by atoms with Crippen molar-refractivity contribution >= 4 is 5.91 Å². The molecule has 0 aromatic carbocycles. The maximum absolute atomic E-state index is 11.5. The number of hydrogen-bond donors (Lipinski definition) is 2. The van der Waals surface area contributed by atoms with Crippen molar-refractivity contribution in [2.45, 2.75) is 13.0 Å². The minimum atomic E-state index is 0.118. The second-order valence-corrected chi connectivity index (χ2v) is 3.99. The maximum atomic E-state index is 11.5. The van der Waals surface area contributed by atoms with Crippen LogP contribution in [0.4, 0.5) is 0 Å². The lowest BCUT2D eigenvalue weighted by Gasteiger charge is -2.26. The molecule has 1 fully saturated rings. The summed E-state index contributed by atoms with van der Waals surface area (Å²) in [5.74, 6) is 0.640. The Bertz CT molecular complexity index is 343. The standard InChI is InChI=1S/C10H16N4O/c1-14-3-2-9(13-14)7-12-10(15)4-8-5-11-6-8/h2-3,8,11H,4-7H2,1H3,(H,12,15). The van der Waals surface area contributed by atoms with E-state index >= 15 is 0 Å². The molecule has 82 valence electrons. The number of nitrogens with zero attached hydrogens (tertiary/aromatic N) is 2. The first-order valence-electron chi connectivity index (χ1n) is 5.20. The summed E-state index contributed by atoms with van der Waals surface area (Å²) in [5, 5.41) is 10.2. The number of carbonyl (C=O) groups is 1. The molecular formula is C10H16N4O. The van der Waals surface area contributed by atoms with E-state index in [1.54, 1.807) is 4.68 Å². The van der Waals surface area contributed by atoms with E-state index in [-0.39, 0.29) is 5.91 Å². The van der Waals surface area contributed by atoms with Gasteiger partial charge in [-0.3, -0.25) is 9.48 Å². The fourth-order valence-electron chi connectivity index (χ4n) is 1.57. The van der Waals surface area contributed by atoms with Gasteiger partial charge in [-0.2, -0.15) is 5.10 Å². The van der Waals surface area contributed by atoms with Crippen molar-refractivity contribution in [3.8, 4) is 0 Å². The molecule has 1 aliphatic rings. The predicted molar refractivity (Wildman–Crippen MR) is 56.0 cm³/mol. The van der Waals surface area contributed by atoms with E-state index in [2.05, 4.69) is 15.7 Å². The van der Waals surface area contributed by atoms with Crippen molar-refractivity contribution in [3.63, 3.8) is 0 Å². The summed E-state index contributed by atoms with van der Waals surface area (Å²) in [4.78, 5) is 11.5. The van der Waals surface area contributed by atoms with Gasteiger partial charge in [0.25, 0.3) is 0 Å². The Morgan fingerprint density at radius 1 is 1.73 bits per heavy atom. The summed E-state index contributed by atoms with van der Waals surface area (Å²) in [6, 6.07) is 1.91. The molecule has 2 N–H and O–H groups in total. The number of rotatable bonds is 4. The van der Waals surface area contributed by atoms with Crippen molar-refractivity contribution < 1.29 is 4.79 Å².